The number of rotatable bonds is 1. The third-order valence-electron chi connectivity index (χ3n) is 0.884. The van der Waals surface area contributed by atoms with Crippen molar-refractivity contribution in [3.63, 3.8) is 0 Å². The Bertz CT molecular complexity index is 144. The van der Waals surface area contributed by atoms with E-state index >= 15 is 0 Å². The number of allylic oxidation sites excluding steroid dienone is 3. The molecule has 0 spiro atoms. The zero-order valence-corrected chi connectivity index (χ0v) is 8.39. The van der Waals surface area contributed by atoms with Gasteiger partial charge in [0.05, 0.1) is 0 Å². The fourth-order valence-corrected chi connectivity index (χ4v) is 0.457. The van der Waals surface area contributed by atoms with E-state index in [0.29, 0.717) is 0 Å². The van der Waals surface area contributed by atoms with Crippen LogP contribution >= 0.6 is 0 Å². The summed E-state index contributed by atoms with van der Waals surface area (Å²) in [5.74, 6) is 0. The third kappa shape index (κ3) is 12.7. The van der Waals surface area contributed by atoms with E-state index in [1.54, 1.807) is 6.08 Å². The molecule has 0 radical (unpaired) electrons. The molecule has 58 valence electrons. The number of hydrogen-bond donors (Lipinski definition) is 0. The van der Waals surface area contributed by atoms with E-state index in [0.717, 1.165) is 0 Å². The van der Waals surface area contributed by atoms with Crippen molar-refractivity contribution in [3.8, 4) is 0 Å². The maximum Gasteiger partial charge on any atom is 0 e. The van der Waals surface area contributed by atoms with Crippen LogP contribution in [0.5, 0.6) is 0 Å². The van der Waals surface area contributed by atoms with Gasteiger partial charge in [0.2, 0.25) is 0 Å². The first kappa shape index (κ1) is 13.2. The van der Waals surface area contributed by atoms with Crippen molar-refractivity contribution in [3.05, 3.63) is 55.1 Å². The molecule has 0 aromatic heterocycles. The molecule has 0 atom stereocenters. The number of hydrogen-bond acceptors (Lipinski definition) is 0. The molecule has 1 heteroatoms. The Balaban J connectivity index is 0. The first-order valence-corrected chi connectivity index (χ1v) is 3.32. The fraction of sp³-hybridized carbons (Fsp3) is 0.100. The van der Waals surface area contributed by atoms with E-state index in [2.05, 4.69) is 6.58 Å². The van der Waals surface area contributed by atoms with Gasteiger partial charge in [0.15, 0.2) is 0 Å². The molecule has 1 aromatic rings. The first-order valence-electron chi connectivity index (χ1n) is 3.32. The van der Waals surface area contributed by atoms with Crippen molar-refractivity contribution < 1.29 is 21.7 Å². The van der Waals surface area contributed by atoms with Gasteiger partial charge in [-0.15, -0.1) is 0 Å². The quantitative estimate of drug-likeness (QED) is 0.354. The van der Waals surface area contributed by atoms with E-state index in [4.69, 9.17) is 0 Å². The molecule has 0 N–H and O–H groups in total. The van der Waals surface area contributed by atoms with Gasteiger partial charge in [-0.3, -0.25) is 0 Å². The smallest absolute Gasteiger partial charge is 0 e. The van der Waals surface area contributed by atoms with Gasteiger partial charge in [0, 0.05) is 21.7 Å². The second kappa shape index (κ2) is 12.2. The molecular formula is C10H13Ti-. The summed E-state index contributed by atoms with van der Waals surface area (Å²) in [5.41, 5.74) is 0. The van der Waals surface area contributed by atoms with Gasteiger partial charge in [-0.25, -0.2) is 12.1 Å². The van der Waals surface area contributed by atoms with Crippen LogP contribution in [0.1, 0.15) is 6.92 Å². The van der Waals surface area contributed by atoms with Gasteiger partial charge >= 0.3 is 0 Å². The van der Waals surface area contributed by atoms with Crippen molar-refractivity contribution in [2.24, 2.45) is 0 Å². The average molecular weight is 181 g/mol. The summed E-state index contributed by atoms with van der Waals surface area (Å²) in [6.45, 7) is 5.42. The monoisotopic (exact) mass is 181 g/mol. The first-order chi connectivity index (χ1) is 4.91. The van der Waals surface area contributed by atoms with Crippen molar-refractivity contribution in [1.82, 2.24) is 0 Å². The molecule has 0 nitrogen and oxygen atoms in total. The molecule has 0 saturated carbocycles. The molecule has 1 aromatic carbocycles. The molecule has 0 fully saturated rings. The standard InChI is InChI=1S/C5H5.C5H8.Ti/c1-2-4-5-3-1;1-3-5-4-2;/h1-5H;3-5H,1H2,2H3;/q-1;;. The fourth-order valence-electron chi connectivity index (χ4n) is 0.457. The predicted molar refractivity (Wildman–Crippen MR) is 47.0 cm³/mol. The van der Waals surface area contributed by atoms with Crippen LogP contribution in [0.2, 0.25) is 0 Å². The summed E-state index contributed by atoms with van der Waals surface area (Å²) in [6, 6.07) is 10.0. The van der Waals surface area contributed by atoms with E-state index < -0.39 is 0 Å². The van der Waals surface area contributed by atoms with Crippen LogP contribution < -0.4 is 0 Å². The van der Waals surface area contributed by atoms with Crippen LogP contribution in [-0.4, -0.2) is 0 Å². The molecule has 0 heterocycles. The van der Waals surface area contributed by atoms with Crippen molar-refractivity contribution >= 4 is 0 Å². The summed E-state index contributed by atoms with van der Waals surface area (Å²) < 4.78 is 0. The van der Waals surface area contributed by atoms with Crippen LogP contribution in [-0.2, 0) is 21.7 Å². The summed E-state index contributed by atoms with van der Waals surface area (Å²) in [4.78, 5) is 0. The van der Waals surface area contributed by atoms with Gasteiger partial charge in [-0.1, -0.05) is 24.8 Å². The van der Waals surface area contributed by atoms with Crippen molar-refractivity contribution in [2.45, 2.75) is 6.92 Å². The van der Waals surface area contributed by atoms with Gasteiger partial charge < -0.3 is 0 Å². The van der Waals surface area contributed by atoms with Crippen molar-refractivity contribution in [1.29, 1.82) is 0 Å². The minimum Gasteiger partial charge on any atom is -0.214 e. The summed E-state index contributed by atoms with van der Waals surface area (Å²) in [6.07, 6.45) is 5.58. The maximum atomic E-state index is 3.46. The second-order valence-corrected chi connectivity index (χ2v) is 1.72. The molecule has 11 heavy (non-hydrogen) atoms. The average Bonchev–Trinajstić information content (AvgIpc) is 2.44. The molecule has 0 unspecified atom stereocenters. The minimum absolute atomic E-state index is 0. The Morgan fingerprint density at radius 1 is 1.27 bits per heavy atom. The van der Waals surface area contributed by atoms with Crippen LogP contribution in [0.25, 0.3) is 0 Å². The Morgan fingerprint density at radius 3 is 1.91 bits per heavy atom. The van der Waals surface area contributed by atoms with E-state index in [-0.39, 0.29) is 21.7 Å². The van der Waals surface area contributed by atoms with Crippen LogP contribution in [0.15, 0.2) is 55.1 Å². The zero-order valence-electron chi connectivity index (χ0n) is 6.83. The van der Waals surface area contributed by atoms with E-state index in [9.17, 15) is 0 Å². The van der Waals surface area contributed by atoms with Gasteiger partial charge in [0.1, 0.15) is 0 Å². The molecule has 0 aliphatic heterocycles. The van der Waals surface area contributed by atoms with Crippen LogP contribution in [0, 0.1) is 0 Å². The zero-order chi connectivity index (χ0) is 7.66. The van der Waals surface area contributed by atoms with Gasteiger partial charge in [-0.2, -0.15) is 18.2 Å². The molecular weight excluding hydrogens is 168 g/mol. The molecule has 0 amide bonds. The normalized spacial score (nSPS) is 7.73. The molecule has 0 saturated heterocycles. The minimum atomic E-state index is 0. The Labute approximate surface area is 83.9 Å². The molecule has 1 rings (SSSR count). The van der Waals surface area contributed by atoms with Crippen LogP contribution in [0.3, 0.4) is 0 Å². The largest absolute Gasteiger partial charge is 0.214 e. The predicted octanol–water partition coefficient (Wildman–Crippen LogP) is 3.15. The summed E-state index contributed by atoms with van der Waals surface area (Å²) in [5, 5.41) is 0. The summed E-state index contributed by atoms with van der Waals surface area (Å²) in [7, 11) is 0. The van der Waals surface area contributed by atoms with Gasteiger partial charge in [-0.05, 0) is 6.92 Å². The maximum absolute atomic E-state index is 3.46. The topological polar surface area (TPSA) is 0 Å². The molecule has 0 aliphatic carbocycles. The molecule has 0 aliphatic rings. The summed E-state index contributed by atoms with van der Waals surface area (Å²) >= 11 is 0. The van der Waals surface area contributed by atoms with E-state index in [1.807, 2.05) is 49.4 Å². The second-order valence-electron chi connectivity index (χ2n) is 1.72. The Kier molecular flexibility index (Phi) is 14.6. The molecule has 0 bridgehead atoms. The SMILES string of the molecule is C=CC=CC.[Ti].c1cc[cH-]c1. The third-order valence-corrected chi connectivity index (χ3v) is 0.884. The Morgan fingerprint density at radius 2 is 1.82 bits per heavy atom. The van der Waals surface area contributed by atoms with Crippen molar-refractivity contribution in [2.75, 3.05) is 0 Å². The Hall–Kier alpha value is -0.456. The van der Waals surface area contributed by atoms with Gasteiger partial charge in [0.25, 0.3) is 0 Å². The van der Waals surface area contributed by atoms with E-state index in [1.165, 1.54) is 0 Å². The van der Waals surface area contributed by atoms with Crippen LogP contribution in [0.4, 0.5) is 0 Å².